The highest BCUT2D eigenvalue weighted by atomic mass is 16.6. The van der Waals surface area contributed by atoms with E-state index >= 15 is 0 Å². The highest BCUT2D eigenvalue weighted by Gasteiger charge is 2.18. The first-order chi connectivity index (χ1) is 15.2. The van der Waals surface area contributed by atoms with Crippen molar-refractivity contribution in [1.82, 2.24) is 29.1 Å². The van der Waals surface area contributed by atoms with Crippen molar-refractivity contribution in [3.63, 3.8) is 0 Å². The van der Waals surface area contributed by atoms with E-state index in [-0.39, 0.29) is 6.61 Å². The molecule has 31 heavy (non-hydrogen) atoms. The molecule has 0 radical (unpaired) electrons. The van der Waals surface area contributed by atoms with Gasteiger partial charge in [0.15, 0.2) is 18.1 Å². The van der Waals surface area contributed by atoms with Gasteiger partial charge in [-0.05, 0) is 36.6 Å². The zero-order chi connectivity index (χ0) is 21.2. The molecule has 0 saturated heterocycles. The lowest BCUT2D eigenvalue weighted by Gasteiger charge is -2.07. The highest BCUT2D eigenvalue weighted by Crippen LogP contribution is 2.27. The number of fused-ring (bicyclic) bond motifs is 3. The van der Waals surface area contributed by atoms with Crippen LogP contribution >= 0.6 is 0 Å². The summed E-state index contributed by atoms with van der Waals surface area (Å²) < 4.78 is 3.89. The van der Waals surface area contributed by atoms with Crippen LogP contribution in [0.5, 0.6) is 0 Å². The van der Waals surface area contributed by atoms with E-state index in [0.717, 1.165) is 39.1 Å². The summed E-state index contributed by atoms with van der Waals surface area (Å²) in [7, 11) is 0. The van der Waals surface area contributed by atoms with Gasteiger partial charge in [0.25, 0.3) is 0 Å². The molecule has 154 valence electrons. The van der Waals surface area contributed by atoms with Gasteiger partial charge in [-0.3, -0.25) is 4.98 Å². The van der Waals surface area contributed by atoms with Crippen LogP contribution in [0.15, 0.2) is 66.3 Å². The molecule has 0 N–H and O–H groups in total. The summed E-state index contributed by atoms with van der Waals surface area (Å²) >= 11 is 0. The second-order valence-electron chi connectivity index (χ2n) is 7.32. The molecule has 0 unspecified atom stereocenters. The third-order valence-corrected chi connectivity index (χ3v) is 5.32. The fourth-order valence-corrected chi connectivity index (χ4v) is 3.64. The largest absolute Gasteiger partial charge is 0.387 e. The summed E-state index contributed by atoms with van der Waals surface area (Å²) in [5, 5.41) is 9.50. The number of hydrogen-bond acceptors (Lipinski definition) is 6. The van der Waals surface area contributed by atoms with E-state index in [1.807, 2.05) is 42.6 Å². The van der Waals surface area contributed by atoms with Crippen molar-refractivity contribution in [1.29, 1.82) is 0 Å². The number of hydrogen-bond donors (Lipinski definition) is 0. The molecule has 0 aliphatic rings. The Balaban J connectivity index is 1.44. The number of aryl methyl sites for hydroxylation is 1. The van der Waals surface area contributed by atoms with E-state index in [0.29, 0.717) is 12.4 Å². The highest BCUT2D eigenvalue weighted by molar-refractivity contribution is 5.93. The first-order valence-corrected chi connectivity index (χ1v) is 9.99. The summed E-state index contributed by atoms with van der Waals surface area (Å²) in [6.07, 6.45) is 7.02. The second-order valence-corrected chi connectivity index (χ2v) is 7.32. The molecule has 1 aromatic carbocycles. The Labute approximate surface area is 178 Å². The molecule has 0 aliphatic heterocycles. The molecule has 4 heterocycles. The molecule has 0 atom stereocenters. The van der Waals surface area contributed by atoms with Crippen molar-refractivity contribution < 1.29 is 4.84 Å². The lowest BCUT2D eigenvalue weighted by atomic mass is 10.2. The van der Waals surface area contributed by atoms with Crippen molar-refractivity contribution in [2.24, 2.45) is 5.16 Å². The van der Waals surface area contributed by atoms with Gasteiger partial charge < -0.3 is 9.40 Å². The Morgan fingerprint density at radius 1 is 1.06 bits per heavy atom. The Morgan fingerprint density at radius 3 is 2.74 bits per heavy atom. The molecule has 8 heteroatoms. The van der Waals surface area contributed by atoms with Gasteiger partial charge in [-0.25, -0.2) is 14.5 Å². The van der Waals surface area contributed by atoms with Gasteiger partial charge in [-0.15, -0.1) is 5.10 Å². The van der Waals surface area contributed by atoms with E-state index in [9.17, 15) is 0 Å². The van der Waals surface area contributed by atoms with Crippen molar-refractivity contribution >= 4 is 22.9 Å². The monoisotopic (exact) mass is 411 g/mol. The SMILES string of the molecule is Cc1c(C)n(Cc2cccnc2)c2ncn3nc(CON=Cc4ccccc4)nc3c12. The van der Waals surface area contributed by atoms with Gasteiger partial charge in [0.2, 0.25) is 0 Å². The minimum Gasteiger partial charge on any atom is -0.387 e. The summed E-state index contributed by atoms with van der Waals surface area (Å²) in [4.78, 5) is 19.0. The topological polar surface area (TPSA) is 82.5 Å². The van der Waals surface area contributed by atoms with Crippen molar-refractivity contribution in [3.8, 4) is 0 Å². The first kappa shape index (κ1) is 18.9. The number of nitrogens with zero attached hydrogens (tertiary/aromatic N) is 7. The van der Waals surface area contributed by atoms with Crippen molar-refractivity contribution in [2.45, 2.75) is 27.0 Å². The lowest BCUT2D eigenvalue weighted by Crippen LogP contribution is -2.03. The Hall–Kier alpha value is -4.07. The third-order valence-electron chi connectivity index (χ3n) is 5.32. The normalized spacial score (nSPS) is 11.7. The van der Waals surface area contributed by atoms with Crippen LogP contribution in [0.2, 0.25) is 0 Å². The summed E-state index contributed by atoms with van der Waals surface area (Å²) in [6.45, 7) is 5.07. The van der Waals surface area contributed by atoms with Gasteiger partial charge in [0.05, 0.1) is 18.1 Å². The number of aromatic nitrogens is 6. The van der Waals surface area contributed by atoms with Crippen LogP contribution in [0.3, 0.4) is 0 Å². The summed E-state index contributed by atoms with van der Waals surface area (Å²) in [6, 6.07) is 13.8. The molecular formula is C23H21N7O. The van der Waals surface area contributed by atoms with E-state index in [4.69, 9.17) is 9.82 Å². The van der Waals surface area contributed by atoms with Crippen LogP contribution in [-0.4, -0.2) is 35.3 Å². The number of benzene rings is 1. The number of pyridine rings is 1. The van der Waals surface area contributed by atoms with E-state index < -0.39 is 0 Å². The van der Waals surface area contributed by atoms with Crippen LogP contribution in [0.4, 0.5) is 0 Å². The average molecular weight is 411 g/mol. The van der Waals surface area contributed by atoms with Crippen LogP contribution < -0.4 is 0 Å². The smallest absolute Gasteiger partial charge is 0.192 e. The molecule has 0 aliphatic carbocycles. The quantitative estimate of drug-likeness (QED) is 0.314. The first-order valence-electron chi connectivity index (χ1n) is 9.99. The summed E-state index contributed by atoms with van der Waals surface area (Å²) in [5.41, 5.74) is 6.02. The van der Waals surface area contributed by atoms with Gasteiger partial charge in [-0.1, -0.05) is 41.6 Å². The Kier molecular flexibility index (Phi) is 4.87. The zero-order valence-electron chi connectivity index (χ0n) is 17.3. The molecule has 0 spiro atoms. The Morgan fingerprint density at radius 2 is 1.94 bits per heavy atom. The maximum atomic E-state index is 5.40. The molecule has 0 amide bonds. The third kappa shape index (κ3) is 3.63. The number of oxime groups is 1. The minimum absolute atomic E-state index is 0.181. The van der Waals surface area contributed by atoms with Crippen LogP contribution in [0, 0.1) is 13.8 Å². The van der Waals surface area contributed by atoms with Gasteiger partial charge >= 0.3 is 0 Å². The molecular weight excluding hydrogens is 390 g/mol. The van der Waals surface area contributed by atoms with Gasteiger partial charge in [0, 0.05) is 18.1 Å². The molecule has 8 nitrogen and oxygen atoms in total. The molecule has 4 aromatic heterocycles. The fourth-order valence-electron chi connectivity index (χ4n) is 3.64. The van der Waals surface area contributed by atoms with Crippen LogP contribution in [-0.2, 0) is 18.0 Å². The minimum atomic E-state index is 0.181. The van der Waals surface area contributed by atoms with Gasteiger partial charge in [0.1, 0.15) is 12.0 Å². The maximum Gasteiger partial charge on any atom is 0.192 e. The van der Waals surface area contributed by atoms with E-state index in [1.165, 1.54) is 0 Å². The fraction of sp³-hybridized carbons (Fsp3) is 0.174. The molecule has 0 bridgehead atoms. The zero-order valence-corrected chi connectivity index (χ0v) is 17.3. The summed E-state index contributed by atoms with van der Waals surface area (Å²) in [5.74, 6) is 0.552. The number of rotatable bonds is 6. The Bertz CT molecular complexity index is 1370. The predicted octanol–water partition coefficient (Wildman–Crippen LogP) is 3.69. The van der Waals surface area contributed by atoms with Crippen molar-refractivity contribution in [2.75, 3.05) is 0 Å². The molecule has 5 rings (SSSR count). The predicted molar refractivity (Wildman–Crippen MR) is 118 cm³/mol. The maximum absolute atomic E-state index is 5.40. The standard InChI is InChI=1S/C23H21N7O/c1-16-17(2)29(13-19-9-6-10-24-11-19)22-21(16)23-27-20(28-30(23)15-25-22)14-31-26-12-18-7-4-3-5-8-18/h3-12,15H,13-14H2,1-2H3. The lowest BCUT2D eigenvalue weighted by molar-refractivity contribution is 0.126. The molecule has 5 aromatic rings. The average Bonchev–Trinajstić information content (AvgIpc) is 3.32. The van der Waals surface area contributed by atoms with Crippen LogP contribution in [0.1, 0.15) is 28.2 Å². The van der Waals surface area contributed by atoms with Crippen LogP contribution in [0.25, 0.3) is 16.7 Å². The molecule has 0 saturated carbocycles. The van der Waals surface area contributed by atoms with E-state index in [2.05, 4.69) is 44.7 Å². The molecule has 0 fully saturated rings. The van der Waals surface area contributed by atoms with E-state index in [1.54, 1.807) is 23.3 Å². The second kappa shape index (κ2) is 7.98. The van der Waals surface area contributed by atoms with Gasteiger partial charge in [-0.2, -0.15) is 0 Å². The van der Waals surface area contributed by atoms with Crippen molar-refractivity contribution in [3.05, 3.63) is 89.4 Å².